The van der Waals surface area contributed by atoms with Gasteiger partial charge in [0.2, 0.25) is 11.8 Å². The zero-order chi connectivity index (χ0) is 42.0. The number of azo groups is 2. The molecule has 0 aliphatic carbocycles. The van der Waals surface area contributed by atoms with E-state index in [2.05, 4.69) is 59.8 Å². The second-order valence-electron chi connectivity index (χ2n) is 12.7. The van der Waals surface area contributed by atoms with Crippen molar-refractivity contribution in [1.29, 1.82) is 0 Å². The maximum Gasteiger partial charge on any atom is 0.306 e. The Labute approximate surface area is 333 Å². The lowest BCUT2D eigenvalue weighted by Gasteiger charge is -2.24. The fourth-order valence-electron chi connectivity index (χ4n) is 5.23. The number of nitrogens with zero attached hydrogens (tertiary/aromatic N) is 6. The predicted molar refractivity (Wildman–Crippen MR) is 217 cm³/mol. The summed E-state index contributed by atoms with van der Waals surface area (Å²) in [5, 5.41) is 26.1. The number of benzene rings is 2. The van der Waals surface area contributed by atoms with Crippen LogP contribution in [-0.2, 0) is 23.9 Å². The highest BCUT2D eigenvalue weighted by Gasteiger charge is 2.17. The Morgan fingerprint density at radius 1 is 0.857 bits per heavy atom. The summed E-state index contributed by atoms with van der Waals surface area (Å²) < 4.78 is 30.3. The maximum atomic E-state index is 12.4. The van der Waals surface area contributed by atoms with Crippen molar-refractivity contribution in [3.63, 3.8) is 0 Å². The molecule has 1 aromatic heterocycles. The summed E-state index contributed by atoms with van der Waals surface area (Å²) >= 11 is 0. The highest BCUT2D eigenvalue weighted by Crippen LogP contribution is 2.33. The van der Waals surface area contributed by atoms with E-state index in [9.17, 15) is 14.4 Å². The van der Waals surface area contributed by atoms with Crippen molar-refractivity contribution in [2.45, 2.75) is 71.3 Å². The van der Waals surface area contributed by atoms with Gasteiger partial charge in [0.05, 0.1) is 46.5 Å². The summed E-state index contributed by atoms with van der Waals surface area (Å²) in [6, 6.07) is 16.8. The first-order valence-corrected chi connectivity index (χ1v) is 19.0. The van der Waals surface area contributed by atoms with Gasteiger partial charge in [0.25, 0.3) is 0 Å². The third kappa shape index (κ3) is 17.6. The lowest BCUT2D eigenvalue weighted by molar-refractivity contribution is -0.152. The molecule has 0 saturated heterocycles. The Kier molecular flexibility index (Phi) is 19.4. The number of methoxy groups -OCH3 is 2. The molecule has 302 valence electrons. The van der Waals surface area contributed by atoms with Crippen molar-refractivity contribution in [1.82, 2.24) is 20.9 Å². The van der Waals surface area contributed by atoms with Gasteiger partial charge >= 0.3 is 5.97 Å². The first-order chi connectivity index (χ1) is 28.1. The largest absolute Gasteiger partial charge is 0.494 e. The first kappa shape index (κ1) is 41.5. The Morgan fingerprint density at radius 3 is 2.30 bits per heavy atom. The molecule has 0 aliphatic heterocycles. The average molecular weight is 775 g/mol. The number of carbonyl (C=O) groups is 3. The van der Waals surface area contributed by atoms with Crippen LogP contribution in [0.3, 0.4) is 0 Å². The van der Waals surface area contributed by atoms with Crippen LogP contribution in [0.2, 0.25) is 0 Å². The standard InChI is InChI=1S/C41H57N9O6/c1-6-23-44-40(52)18-19-41(53)56-36(30-54-4)29-45-39(51)11-9-8-10-24-43-31(3)22-27-50(7-2)35-15-12-32(13-16-35)46-48-34-14-17-37(38(28-34)55-5)49-47-33-20-25-42-26-21-33/h12-17,20-21,25-26,28,36,43H,3,6-11,18-19,22-24,27,29-30H2,1-2,4-5H3,(H,44,52)(H,45,51)/i4TD. The maximum absolute atomic E-state index is 12.4. The molecule has 2 amide bonds. The van der Waals surface area contributed by atoms with Crippen molar-refractivity contribution >= 4 is 46.2 Å². The van der Waals surface area contributed by atoms with E-state index in [0.717, 1.165) is 56.7 Å². The van der Waals surface area contributed by atoms with Crippen LogP contribution in [0.1, 0.15) is 68.0 Å². The second-order valence-corrected chi connectivity index (χ2v) is 12.7. The van der Waals surface area contributed by atoms with Gasteiger partial charge in [-0.2, -0.15) is 15.3 Å². The number of hydrogen-bond donors (Lipinski definition) is 3. The van der Waals surface area contributed by atoms with E-state index < -0.39 is 19.1 Å². The zero-order valence-electron chi connectivity index (χ0n) is 34.7. The fraction of sp³-hybridized carbons (Fsp3) is 0.463. The number of amides is 2. The molecule has 15 nitrogen and oxygen atoms in total. The molecular formula is C41H57N9O6. The molecule has 2 aromatic carbocycles. The van der Waals surface area contributed by atoms with Gasteiger partial charge in [-0.25, -0.2) is 0 Å². The topological polar surface area (TPSA) is 181 Å². The summed E-state index contributed by atoms with van der Waals surface area (Å²) in [5.41, 5.74) is 4.61. The minimum absolute atomic E-state index is 0.0123. The molecule has 0 bridgehead atoms. The van der Waals surface area contributed by atoms with Crippen molar-refractivity contribution < 1.29 is 31.3 Å². The third-order valence-electron chi connectivity index (χ3n) is 8.35. The molecule has 1 heterocycles. The molecule has 2 unspecified atom stereocenters. The van der Waals surface area contributed by atoms with Crippen molar-refractivity contribution in [2.24, 2.45) is 20.5 Å². The number of rotatable bonds is 27. The lowest BCUT2D eigenvalue weighted by atomic mass is 10.2. The molecule has 56 heavy (non-hydrogen) atoms. The first-order valence-electron chi connectivity index (χ1n) is 20.1. The van der Waals surface area contributed by atoms with Crippen molar-refractivity contribution in [3.8, 4) is 5.75 Å². The van der Waals surface area contributed by atoms with Gasteiger partial charge in [0.15, 0.2) is 0 Å². The molecule has 0 saturated carbocycles. The Balaban J connectivity index is 1.33. The Bertz CT molecular complexity index is 1760. The van der Waals surface area contributed by atoms with E-state index in [4.69, 9.17) is 17.0 Å². The molecule has 3 aromatic rings. The van der Waals surface area contributed by atoms with Crippen molar-refractivity contribution in [3.05, 3.63) is 79.3 Å². The number of esters is 1. The van der Waals surface area contributed by atoms with Crippen molar-refractivity contribution in [2.75, 3.05) is 58.4 Å². The zero-order valence-corrected chi connectivity index (χ0v) is 32.7. The summed E-state index contributed by atoms with van der Waals surface area (Å²) in [7, 11) is 0.0148. The molecule has 0 spiro atoms. The molecule has 0 aliphatic rings. The van der Waals surface area contributed by atoms with Crippen LogP contribution in [0.5, 0.6) is 5.75 Å². The molecule has 3 rings (SSSR count). The molecule has 0 radical (unpaired) electrons. The van der Waals surface area contributed by atoms with Gasteiger partial charge in [-0.15, -0.1) is 5.11 Å². The molecule has 15 heteroatoms. The number of aromatic nitrogens is 1. The van der Waals surface area contributed by atoms with Crippen LogP contribution >= 0.6 is 0 Å². The summed E-state index contributed by atoms with van der Waals surface area (Å²) in [6.07, 6.45) is 6.53. The number of carbonyl (C=O) groups excluding carboxylic acids is 3. The predicted octanol–water partition coefficient (Wildman–Crippen LogP) is 7.78. The van der Waals surface area contributed by atoms with Crippen LogP contribution in [-0.4, -0.2) is 82.4 Å². The minimum Gasteiger partial charge on any atom is -0.494 e. The molecule has 2 atom stereocenters. The molecular weight excluding hydrogens is 715 g/mol. The normalized spacial score (nSPS) is 12.7. The monoisotopic (exact) mass is 774 g/mol. The van der Waals surface area contributed by atoms with Crippen LogP contribution in [0.15, 0.2) is 99.7 Å². The number of nitrogens with one attached hydrogen (secondary N) is 3. The third-order valence-corrected chi connectivity index (χ3v) is 8.35. The fourth-order valence-corrected chi connectivity index (χ4v) is 5.23. The number of hydrogen-bond acceptors (Lipinski definition) is 13. The van der Waals surface area contributed by atoms with Crippen LogP contribution in [0, 0.1) is 0 Å². The number of unbranched alkanes of at least 4 members (excludes halogenated alkanes) is 2. The summed E-state index contributed by atoms with van der Waals surface area (Å²) in [4.78, 5) is 42.7. The van der Waals surface area contributed by atoms with Crippen LogP contribution in [0.4, 0.5) is 28.4 Å². The van der Waals surface area contributed by atoms with Gasteiger partial charge in [0.1, 0.15) is 17.5 Å². The van der Waals surface area contributed by atoms with Crippen LogP contribution in [0.25, 0.3) is 0 Å². The summed E-state index contributed by atoms with van der Waals surface area (Å²) in [6.45, 7) is 10.9. The van der Waals surface area contributed by atoms with Gasteiger partial charge in [-0.3, -0.25) is 19.4 Å². The van der Waals surface area contributed by atoms with Gasteiger partial charge in [0, 0.05) is 82.3 Å². The van der Waals surface area contributed by atoms with E-state index in [-0.39, 0.29) is 37.8 Å². The molecule has 3 N–H and O–H groups in total. The van der Waals surface area contributed by atoms with E-state index in [1.165, 1.54) is 0 Å². The smallest absolute Gasteiger partial charge is 0.306 e. The van der Waals surface area contributed by atoms with Gasteiger partial charge in [-0.1, -0.05) is 19.9 Å². The number of pyridine rings is 1. The second kappa shape index (κ2) is 26.2. The summed E-state index contributed by atoms with van der Waals surface area (Å²) in [5.74, 6) is -0.529. The van der Waals surface area contributed by atoms with E-state index in [1.807, 2.05) is 31.2 Å². The van der Waals surface area contributed by atoms with E-state index in [1.54, 1.807) is 49.8 Å². The highest BCUT2D eigenvalue weighted by atomic mass is 16.6. The number of ether oxygens (including phenoxy) is 3. The highest BCUT2D eigenvalue weighted by molar-refractivity contribution is 5.81. The Hall–Kier alpha value is -5.70. The molecule has 0 fully saturated rings. The van der Waals surface area contributed by atoms with Crippen LogP contribution < -0.4 is 25.6 Å². The van der Waals surface area contributed by atoms with E-state index in [0.29, 0.717) is 47.9 Å². The lowest BCUT2D eigenvalue weighted by Crippen LogP contribution is -2.37. The average Bonchev–Trinajstić information content (AvgIpc) is 3.23. The minimum atomic E-state index is -1.55. The van der Waals surface area contributed by atoms with Gasteiger partial charge < -0.3 is 35.1 Å². The van der Waals surface area contributed by atoms with E-state index >= 15 is 0 Å². The number of anilines is 1. The van der Waals surface area contributed by atoms with Gasteiger partial charge in [-0.05, 0) is 74.7 Å². The Morgan fingerprint density at radius 2 is 1.57 bits per heavy atom. The quantitative estimate of drug-likeness (QED) is 0.0396. The SMILES string of the molecule is [2H]C([3H])OCC(CNC(=O)CCCCCNC(=C)CCN(CC)c1ccc(N=Nc2ccc(N=Nc3ccncc3)c(OC)c2)cc1)OC(=O)CCC(=O)NCCC.